The van der Waals surface area contributed by atoms with E-state index in [9.17, 15) is 4.79 Å². The number of carbonyl (C=O) groups is 1. The van der Waals surface area contributed by atoms with Gasteiger partial charge in [-0.25, -0.2) is 0 Å². The molecule has 0 spiro atoms. The molecule has 0 bridgehead atoms. The monoisotopic (exact) mass is 283 g/mol. The van der Waals surface area contributed by atoms with Crippen LogP contribution in [-0.4, -0.2) is 12.7 Å². The number of rotatable bonds is 3. The molecule has 1 heterocycles. The smallest absolute Gasteiger partial charge is 0.252 e. The van der Waals surface area contributed by atoms with E-state index in [0.29, 0.717) is 6.54 Å². The number of nitrogens with one attached hydrogen (secondary N) is 1. The number of benzene rings is 2. The minimum atomic E-state index is -0.0525. The fourth-order valence-electron chi connectivity index (χ4n) is 2.49. The normalized spacial score (nSPS) is 12.3. The summed E-state index contributed by atoms with van der Waals surface area (Å²) in [6, 6.07) is 11.5. The zero-order chi connectivity index (χ0) is 14.8. The van der Waals surface area contributed by atoms with Crippen molar-refractivity contribution in [3.8, 4) is 11.5 Å². The lowest BCUT2D eigenvalue weighted by Crippen LogP contribution is -2.24. The van der Waals surface area contributed by atoms with Gasteiger partial charge in [0.25, 0.3) is 5.91 Å². The predicted octanol–water partition coefficient (Wildman–Crippen LogP) is 2.96. The molecule has 0 fully saturated rings. The van der Waals surface area contributed by atoms with Crippen molar-refractivity contribution >= 4 is 5.91 Å². The fraction of sp³-hybridized carbons (Fsp3) is 0.235. The van der Waals surface area contributed by atoms with Crippen molar-refractivity contribution < 1.29 is 14.3 Å². The fourth-order valence-corrected chi connectivity index (χ4v) is 2.49. The topological polar surface area (TPSA) is 47.6 Å². The summed E-state index contributed by atoms with van der Waals surface area (Å²) in [5.41, 5.74) is 3.70. The molecule has 0 aromatic heterocycles. The third-order valence-electron chi connectivity index (χ3n) is 3.60. The van der Waals surface area contributed by atoms with Crippen molar-refractivity contribution in [2.45, 2.75) is 20.4 Å². The molecular formula is C17H17NO3. The Morgan fingerprint density at radius 2 is 1.81 bits per heavy atom. The van der Waals surface area contributed by atoms with Crippen LogP contribution in [0.1, 0.15) is 27.0 Å². The van der Waals surface area contributed by atoms with Crippen molar-refractivity contribution in [2.24, 2.45) is 0 Å². The zero-order valence-electron chi connectivity index (χ0n) is 12.1. The lowest BCUT2D eigenvalue weighted by Gasteiger charge is -2.10. The molecular weight excluding hydrogens is 266 g/mol. The molecule has 1 aliphatic heterocycles. The van der Waals surface area contributed by atoms with Crippen molar-refractivity contribution in [1.82, 2.24) is 5.32 Å². The Morgan fingerprint density at radius 3 is 2.57 bits per heavy atom. The van der Waals surface area contributed by atoms with Crippen LogP contribution >= 0.6 is 0 Å². The Balaban J connectivity index is 1.71. The van der Waals surface area contributed by atoms with Gasteiger partial charge in [-0.2, -0.15) is 0 Å². The molecule has 0 radical (unpaired) electrons. The van der Waals surface area contributed by atoms with Crippen LogP contribution in [-0.2, 0) is 6.54 Å². The Hall–Kier alpha value is -2.49. The van der Waals surface area contributed by atoms with Crippen molar-refractivity contribution in [3.05, 3.63) is 58.7 Å². The van der Waals surface area contributed by atoms with E-state index in [1.807, 2.05) is 50.2 Å². The zero-order valence-corrected chi connectivity index (χ0v) is 12.1. The molecule has 2 aromatic rings. The average Bonchev–Trinajstić information content (AvgIpc) is 2.92. The predicted molar refractivity (Wildman–Crippen MR) is 79.7 cm³/mol. The second-order valence-corrected chi connectivity index (χ2v) is 5.14. The second-order valence-electron chi connectivity index (χ2n) is 5.14. The third kappa shape index (κ3) is 2.70. The van der Waals surface area contributed by atoms with Gasteiger partial charge in [-0.05, 0) is 42.7 Å². The first-order chi connectivity index (χ1) is 10.1. The van der Waals surface area contributed by atoms with Gasteiger partial charge in [0.05, 0.1) is 0 Å². The minimum Gasteiger partial charge on any atom is -0.454 e. The van der Waals surface area contributed by atoms with Gasteiger partial charge in [-0.1, -0.05) is 24.3 Å². The SMILES string of the molecule is Cc1cccc(C)c1C(=O)NCc1ccc2c(c1)OCO2. The molecule has 2 aromatic carbocycles. The lowest BCUT2D eigenvalue weighted by molar-refractivity contribution is 0.0949. The van der Waals surface area contributed by atoms with Gasteiger partial charge in [0.15, 0.2) is 11.5 Å². The number of hydrogen-bond donors (Lipinski definition) is 1. The molecule has 0 unspecified atom stereocenters. The molecule has 1 aliphatic rings. The summed E-state index contributed by atoms with van der Waals surface area (Å²) in [6.07, 6.45) is 0. The lowest BCUT2D eigenvalue weighted by atomic mass is 10.0. The number of carbonyl (C=O) groups excluding carboxylic acids is 1. The Labute approximate surface area is 123 Å². The van der Waals surface area contributed by atoms with Crippen LogP contribution < -0.4 is 14.8 Å². The van der Waals surface area contributed by atoms with E-state index in [1.165, 1.54) is 0 Å². The first-order valence-corrected chi connectivity index (χ1v) is 6.88. The van der Waals surface area contributed by atoms with E-state index in [0.717, 1.165) is 33.8 Å². The van der Waals surface area contributed by atoms with Crippen molar-refractivity contribution in [3.63, 3.8) is 0 Å². The Kier molecular flexibility index (Phi) is 3.52. The molecule has 4 heteroatoms. The average molecular weight is 283 g/mol. The van der Waals surface area contributed by atoms with E-state index in [4.69, 9.17) is 9.47 Å². The maximum Gasteiger partial charge on any atom is 0.252 e. The maximum atomic E-state index is 12.3. The number of amides is 1. The van der Waals surface area contributed by atoms with Gasteiger partial charge < -0.3 is 14.8 Å². The summed E-state index contributed by atoms with van der Waals surface area (Å²) in [5, 5.41) is 2.95. The summed E-state index contributed by atoms with van der Waals surface area (Å²) in [6.45, 7) is 4.61. The van der Waals surface area contributed by atoms with Crippen molar-refractivity contribution in [1.29, 1.82) is 0 Å². The van der Waals surface area contributed by atoms with Gasteiger partial charge in [0.1, 0.15) is 0 Å². The van der Waals surface area contributed by atoms with Crippen molar-refractivity contribution in [2.75, 3.05) is 6.79 Å². The van der Waals surface area contributed by atoms with Crippen LogP contribution in [0.15, 0.2) is 36.4 Å². The quantitative estimate of drug-likeness (QED) is 0.942. The first-order valence-electron chi connectivity index (χ1n) is 6.88. The number of aryl methyl sites for hydroxylation is 2. The van der Waals surface area contributed by atoms with E-state index in [2.05, 4.69) is 5.32 Å². The van der Waals surface area contributed by atoms with Crippen LogP contribution in [0.3, 0.4) is 0 Å². The molecule has 21 heavy (non-hydrogen) atoms. The van der Waals surface area contributed by atoms with E-state index < -0.39 is 0 Å². The summed E-state index contributed by atoms with van der Waals surface area (Å²) < 4.78 is 10.6. The Morgan fingerprint density at radius 1 is 1.10 bits per heavy atom. The molecule has 0 aliphatic carbocycles. The van der Waals surface area contributed by atoms with Gasteiger partial charge in [0, 0.05) is 12.1 Å². The van der Waals surface area contributed by atoms with Crippen LogP contribution in [0.5, 0.6) is 11.5 Å². The van der Waals surface area contributed by atoms with Crippen LogP contribution in [0.25, 0.3) is 0 Å². The van der Waals surface area contributed by atoms with Gasteiger partial charge in [0.2, 0.25) is 6.79 Å². The van der Waals surface area contributed by atoms with Crippen LogP contribution in [0.2, 0.25) is 0 Å². The highest BCUT2D eigenvalue weighted by atomic mass is 16.7. The van der Waals surface area contributed by atoms with E-state index >= 15 is 0 Å². The maximum absolute atomic E-state index is 12.3. The highest BCUT2D eigenvalue weighted by Crippen LogP contribution is 2.32. The number of hydrogen-bond acceptors (Lipinski definition) is 3. The van der Waals surface area contributed by atoms with Gasteiger partial charge in [-0.15, -0.1) is 0 Å². The van der Waals surface area contributed by atoms with Gasteiger partial charge >= 0.3 is 0 Å². The number of fused-ring (bicyclic) bond motifs is 1. The molecule has 1 amide bonds. The summed E-state index contributed by atoms with van der Waals surface area (Å²) in [4.78, 5) is 12.3. The highest BCUT2D eigenvalue weighted by Gasteiger charge is 2.15. The standard InChI is InChI=1S/C17H17NO3/c1-11-4-3-5-12(2)16(11)17(19)18-9-13-6-7-14-15(8-13)21-10-20-14/h3-8H,9-10H2,1-2H3,(H,18,19). The Bertz CT molecular complexity index is 674. The van der Waals surface area contributed by atoms with Crippen LogP contribution in [0, 0.1) is 13.8 Å². The molecule has 3 rings (SSSR count). The summed E-state index contributed by atoms with van der Waals surface area (Å²) >= 11 is 0. The molecule has 108 valence electrons. The highest BCUT2D eigenvalue weighted by molar-refractivity contribution is 5.97. The van der Waals surface area contributed by atoms with Crippen LogP contribution in [0.4, 0.5) is 0 Å². The second kappa shape index (κ2) is 5.48. The largest absolute Gasteiger partial charge is 0.454 e. The van der Waals surface area contributed by atoms with E-state index in [1.54, 1.807) is 0 Å². The summed E-state index contributed by atoms with van der Waals surface area (Å²) in [5.74, 6) is 1.43. The van der Waals surface area contributed by atoms with E-state index in [-0.39, 0.29) is 12.7 Å². The molecule has 1 N–H and O–H groups in total. The van der Waals surface area contributed by atoms with Gasteiger partial charge in [-0.3, -0.25) is 4.79 Å². The molecule has 0 saturated heterocycles. The third-order valence-corrected chi connectivity index (χ3v) is 3.60. The number of ether oxygens (including phenoxy) is 2. The molecule has 0 atom stereocenters. The molecule has 0 saturated carbocycles. The summed E-state index contributed by atoms with van der Waals surface area (Å²) in [7, 11) is 0. The first kappa shape index (κ1) is 13.5. The molecule has 4 nitrogen and oxygen atoms in total. The minimum absolute atomic E-state index is 0.0525.